The summed E-state index contributed by atoms with van der Waals surface area (Å²) in [6, 6.07) is 3.84. The average molecular weight is 288 g/mol. The lowest BCUT2D eigenvalue weighted by atomic mass is 10.3. The minimum atomic E-state index is -0.428. The van der Waals surface area contributed by atoms with Crippen molar-refractivity contribution in [1.29, 1.82) is 0 Å². The fourth-order valence-electron chi connectivity index (χ4n) is 1.72. The third-order valence-corrected chi connectivity index (χ3v) is 2.88. The number of hydrogen-bond acceptors (Lipinski definition) is 2. The number of amides is 1. The molecule has 1 amide bonds. The van der Waals surface area contributed by atoms with Gasteiger partial charge in [0.25, 0.3) is 5.91 Å². The molecule has 0 saturated carbocycles. The molecule has 3 nitrogen and oxygen atoms in total. The number of hydrogen-bond donors (Lipinski definition) is 0. The molecule has 1 aromatic rings. The minimum Gasteiger partial charge on any atom is -0.482 e. The van der Waals surface area contributed by atoms with Gasteiger partial charge in [-0.05, 0) is 31.0 Å². The SMILES string of the molecule is CCCN(CCC)C(=O)COc1ccc(F)cc1Cl. The molecule has 1 aromatic carbocycles. The molecule has 1 rings (SSSR count). The topological polar surface area (TPSA) is 29.5 Å². The molecular weight excluding hydrogens is 269 g/mol. The zero-order valence-electron chi connectivity index (χ0n) is 11.3. The molecule has 19 heavy (non-hydrogen) atoms. The third kappa shape index (κ3) is 5.07. The Morgan fingerprint density at radius 3 is 2.47 bits per heavy atom. The Morgan fingerprint density at radius 2 is 1.95 bits per heavy atom. The second-order valence-electron chi connectivity index (χ2n) is 4.24. The number of rotatable bonds is 7. The molecule has 0 bridgehead atoms. The molecule has 0 spiro atoms. The van der Waals surface area contributed by atoms with Crippen LogP contribution in [0.25, 0.3) is 0 Å². The van der Waals surface area contributed by atoms with Gasteiger partial charge >= 0.3 is 0 Å². The Kier molecular flexibility index (Phi) is 6.64. The zero-order chi connectivity index (χ0) is 14.3. The number of ether oxygens (including phenoxy) is 1. The number of carbonyl (C=O) groups is 1. The van der Waals surface area contributed by atoms with Gasteiger partial charge in [-0.1, -0.05) is 25.4 Å². The highest BCUT2D eigenvalue weighted by atomic mass is 35.5. The molecule has 5 heteroatoms. The van der Waals surface area contributed by atoms with Gasteiger partial charge in [0, 0.05) is 13.1 Å². The van der Waals surface area contributed by atoms with Gasteiger partial charge in [-0.2, -0.15) is 0 Å². The first-order valence-electron chi connectivity index (χ1n) is 6.44. The standard InChI is InChI=1S/C14H19ClFNO2/c1-3-7-17(8-4-2)14(18)10-19-13-6-5-11(16)9-12(13)15/h5-6,9H,3-4,7-8,10H2,1-2H3. The summed E-state index contributed by atoms with van der Waals surface area (Å²) in [6.45, 7) is 5.40. The second kappa shape index (κ2) is 8.00. The summed E-state index contributed by atoms with van der Waals surface area (Å²) in [6.07, 6.45) is 1.81. The first-order chi connectivity index (χ1) is 9.08. The summed E-state index contributed by atoms with van der Waals surface area (Å²) in [5.74, 6) is -0.185. The van der Waals surface area contributed by atoms with Crippen molar-refractivity contribution >= 4 is 17.5 Å². The summed E-state index contributed by atoms with van der Waals surface area (Å²) >= 11 is 5.82. The fourth-order valence-corrected chi connectivity index (χ4v) is 1.95. The Morgan fingerprint density at radius 1 is 1.32 bits per heavy atom. The molecule has 0 N–H and O–H groups in total. The first-order valence-corrected chi connectivity index (χ1v) is 6.81. The highest BCUT2D eigenvalue weighted by Crippen LogP contribution is 2.24. The molecule has 0 aliphatic rings. The lowest BCUT2D eigenvalue weighted by Crippen LogP contribution is -2.36. The van der Waals surface area contributed by atoms with Gasteiger partial charge in [-0.25, -0.2) is 4.39 Å². The smallest absolute Gasteiger partial charge is 0.260 e. The summed E-state index contributed by atoms with van der Waals surface area (Å²) in [5.41, 5.74) is 0. The summed E-state index contributed by atoms with van der Waals surface area (Å²) < 4.78 is 18.2. The first kappa shape index (κ1) is 15.8. The molecule has 0 saturated heterocycles. The van der Waals surface area contributed by atoms with Gasteiger partial charge in [0.2, 0.25) is 0 Å². The molecule has 0 aliphatic carbocycles. The van der Waals surface area contributed by atoms with E-state index < -0.39 is 5.82 Å². The van der Waals surface area contributed by atoms with Crippen LogP contribution in [0.3, 0.4) is 0 Å². The highest BCUT2D eigenvalue weighted by molar-refractivity contribution is 6.32. The van der Waals surface area contributed by atoms with E-state index >= 15 is 0 Å². The van der Waals surface area contributed by atoms with Crippen molar-refractivity contribution in [2.75, 3.05) is 19.7 Å². The van der Waals surface area contributed by atoms with Gasteiger partial charge in [-0.3, -0.25) is 4.79 Å². The number of nitrogens with zero attached hydrogens (tertiary/aromatic N) is 1. The summed E-state index contributed by atoms with van der Waals surface area (Å²) in [7, 11) is 0. The van der Waals surface area contributed by atoms with E-state index in [0.717, 1.165) is 18.9 Å². The lowest BCUT2D eigenvalue weighted by Gasteiger charge is -2.21. The fraction of sp³-hybridized carbons (Fsp3) is 0.500. The van der Waals surface area contributed by atoms with Crippen LogP contribution in [0, 0.1) is 5.82 Å². The minimum absolute atomic E-state index is 0.0780. The monoisotopic (exact) mass is 287 g/mol. The van der Waals surface area contributed by atoms with Gasteiger partial charge in [0.15, 0.2) is 6.61 Å². The van der Waals surface area contributed by atoms with E-state index in [0.29, 0.717) is 18.8 Å². The van der Waals surface area contributed by atoms with Crippen LogP contribution in [-0.2, 0) is 4.79 Å². The molecule has 0 heterocycles. The predicted octanol–water partition coefficient (Wildman–Crippen LogP) is 3.51. The van der Waals surface area contributed by atoms with Crippen molar-refractivity contribution in [1.82, 2.24) is 4.90 Å². The summed E-state index contributed by atoms with van der Waals surface area (Å²) in [5, 5.41) is 0.172. The van der Waals surface area contributed by atoms with Crippen LogP contribution in [0.4, 0.5) is 4.39 Å². The molecule has 0 fully saturated rings. The van der Waals surface area contributed by atoms with E-state index in [1.807, 2.05) is 13.8 Å². The van der Waals surface area contributed by atoms with Gasteiger partial charge in [-0.15, -0.1) is 0 Å². The van der Waals surface area contributed by atoms with E-state index in [-0.39, 0.29) is 17.5 Å². The Balaban J connectivity index is 2.56. The maximum absolute atomic E-state index is 12.9. The van der Waals surface area contributed by atoms with E-state index in [1.54, 1.807) is 4.90 Å². The van der Waals surface area contributed by atoms with Gasteiger partial charge in [0.1, 0.15) is 11.6 Å². The molecule has 0 aliphatic heterocycles. The van der Waals surface area contributed by atoms with Gasteiger partial charge in [0.05, 0.1) is 5.02 Å². The van der Waals surface area contributed by atoms with Crippen LogP contribution in [0.5, 0.6) is 5.75 Å². The largest absolute Gasteiger partial charge is 0.482 e. The quantitative estimate of drug-likeness (QED) is 0.768. The van der Waals surface area contributed by atoms with Crippen molar-refractivity contribution in [3.63, 3.8) is 0 Å². The van der Waals surface area contributed by atoms with Gasteiger partial charge < -0.3 is 9.64 Å². The molecule has 106 valence electrons. The van der Waals surface area contributed by atoms with Crippen LogP contribution >= 0.6 is 11.6 Å². The predicted molar refractivity (Wildman–Crippen MR) is 74.1 cm³/mol. The summed E-state index contributed by atoms with van der Waals surface area (Å²) in [4.78, 5) is 13.7. The maximum Gasteiger partial charge on any atom is 0.260 e. The van der Waals surface area contributed by atoms with Crippen molar-refractivity contribution in [3.8, 4) is 5.75 Å². The number of carbonyl (C=O) groups excluding carboxylic acids is 1. The average Bonchev–Trinajstić information content (AvgIpc) is 2.37. The number of benzene rings is 1. The van der Waals surface area contributed by atoms with Crippen LogP contribution < -0.4 is 4.74 Å². The van der Waals surface area contributed by atoms with Crippen molar-refractivity contribution < 1.29 is 13.9 Å². The van der Waals surface area contributed by atoms with E-state index in [4.69, 9.17) is 16.3 Å². The Bertz CT molecular complexity index is 420. The molecular formula is C14H19ClFNO2. The van der Waals surface area contributed by atoms with E-state index in [1.165, 1.54) is 12.1 Å². The van der Waals surface area contributed by atoms with E-state index in [2.05, 4.69) is 0 Å². The molecule has 0 radical (unpaired) electrons. The van der Waals surface area contributed by atoms with Crippen LogP contribution in [-0.4, -0.2) is 30.5 Å². The molecule has 0 atom stereocenters. The molecule has 0 aromatic heterocycles. The van der Waals surface area contributed by atoms with Crippen LogP contribution in [0.15, 0.2) is 18.2 Å². The van der Waals surface area contributed by atoms with Crippen molar-refractivity contribution in [2.45, 2.75) is 26.7 Å². The van der Waals surface area contributed by atoms with Crippen LogP contribution in [0.2, 0.25) is 5.02 Å². The zero-order valence-corrected chi connectivity index (χ0v) is 12.0. The number of halogens is 2. The third-order valence-electron chi connectivity index (χ3n) is 2.58. The molecule has 0 unspecified atom stereocenters. The lowest BCUT2D eigenvalue weighted by molar-refractivity contribution is -0.133. The van der Waals surface area contributed by atoms with E-state index in [9.17, 15) is 9.18 Å². The van der Waals surface area contributed by atoms with Crippen molar-refractivity contribution in [2.24, 2.45) is 0 Å². The van der Waals surface area contributed by atoms with Crippen LogP contribution in [0.1, 0.15) is 26.7 Å². The highest BCUT2D eigenvalue weighted by Gasteiger charge is 2.13. The normalized spacial score (nSPS) is 10.3. The van der Waals surface area contributed by atoms with Crippen molar-refractivity contribution in [3.05, 3.63) is 29.0 Å². The second-order valence-corrected chi connectivity index (χ2v) is 4.65. The Labute approximate surface area is 118 Å². The maximum atomic E-state index is 12.9. The Hall–Kier alpha value is -1.29.